The van der Waals surface area contributed by atoms with E-state index in [2.05, 4.69) is 23.3 Å². The van der Waals surface area contributed by atoms with Crippen LogP contribution in [0.25, 0.3) is 0 Å². The highest BCUT2D eigenvalue weighted by molar-refractivity contribution is 6.00. The molecule has 0 bridgehead atoms. The second-order valence-electron chi connectivity index (χ2n) is 7.93. The van der Waals surface area contributed by atoms with Gasteiger partial charge in [0.05, 0.1) is 12.6 Å². The lowest BCUT2D eigenvalue weighted by atomic mass is 9.90. The van der Waals surface area contributed by atoms with Crippen LogP contribution in [0.5, 0.6) is 0 Å². The van der Waals surface area contributed by atoms with Gasteiger partial charge >= 0.3 is 6.09 Å². The zero-order valence-corrected chi connectivity index (χ0v) is 16.9. The van der Waals surface area contributed by atoms with Crippen LogP contribution >= 0.6 is 0 Å². The van der Waals surface area contributed by atoms with E-state index in [4.69, 9.17) is 4.74 Å². The highest BCUT2D eigenvalue weighted by Crippen LogP contribution is 2.24. The van der Waals surface area contributed by atoms with Crippen molar-refractivity contribution in [2.75, 3.05) is 18.4 Å². The van der Waals surface area contributed by atoms with Gasteiger partial charge in [-0.3, -0.25) is 9.59 Å². The molecule has 1 fully saturated rings. The molecule has 0 aromatic heterocycles. The third kappa shape index (κ3) is 6.07. The molecule has 1 aliphatic heterocycles. The van der Waals surface area contributed by atoms with E-state index >= 15 is 0 Å². The minimum atomic E-state index is -1.22. The van der Waals surface area contributed by atoms with E-state index < -0.39 is 17.2 Å². The first kappa shape index (κ1) is 22.0. The first-order valence-electron chi connectivity index (χ1n) is 9.33. The van der Waals surface area contributed by atoms with Gasteiger partial charge in [0.15, 0.2) is 0 Å². The van der Waals surface area contributed by atoms with Crippen LogP contribution < -0.4 is 10.6 Å². The van der Waals surface area contributed by atoms with Gasteiger partial charge < -0.3 is 20.3 Å². The van der Waals surface area contributed by atoms with Gasteiger partial charge in [0.25, 0.3) is 5.91 Å². The largest absolute Gasteiger partial charge is 0.444 e. The van der Waals surface area contributed by atoms with Gasteiger partial charge in [-0.15, -0.1) is 0 Å². The quantitative estimate of drug-likeness (QED) is 0.758. The van der Waals surface area contributed by atoms with Gasteiger partial charge in [0.2, 0.25) is 5.91 Å². The molecule has 1 saturated heterocycles. The Kier molecular flexibility index (Phi) is 6.64. The number of hydrogen-bond donors (Lipinski definition) is 2. The van der Waals surface area contributed by atoms with Gasteiger partial charge in [0, 0.05) is 17.8 Å². The Morgan fingerprint density at radius 1 is 1.34 bits per heavy atom. The number of ether oxygens (including phenoxy) is 1. The summed E-state index contributed by atoms with van der Waals surface area (Å²) in [6.07, 6.45) is 1.43. The zero-order chi connectivity index (χ0) is 21.7. The minimum absolute atomic E-state index is 0.0464. The molecule has 8 nitrogen and oxygen atoms in total. The maximum Gasteiger partial charge on any atom is 0.408 e. The lowest BCUT2D eigenvalue weighted by Crippen LogP contribution is -2.59. The number of carbonyl (C=O) groups excluding carboxylic acids is 3. The molecule has 154 valence electrons. The van der Waals surface area contributed by atoms with E-state index in [9.17, 15) is 19.6 Å². The summed E-state index contributed by atoms with van der Waals surface area (Å²) in [5.41, 5.74) is -1.07. The van der Waals surface area contributed by atoms with E-state index in [1.54, 1.807) is 45.0 Å². The van der Waals surface area contributed by atoms with E-state index in [-0.39, 0.29) is 18.4 Å². The predicted molar refractivity (Wildman–Crippen MR) is 108 cm³/mol. The highest BCUT2D eigenvalue weighted by Gasteiger charge is 2.40. The molecular formula is C21H26N4O4. The standard InChI is InChI=1S/C21H26N4O4/c1-5-17(26)23-16-9-6-8-15(12-16)18(27)25-11-7-10-21(13-22,14-25)24-19(28)29-20(2,3)4/h5-6,8-9,12H,1,7,10-11,14H2,2-4H3,(H,23,26)(H,24,28). The average molecular weight is 398 g/mol. The summed E-state index contributed by atoms with van der Waals surface area (Å²) >= 11 is 0. The third-order valence-corrected chi connectivity index (χ3v) is 4.30. The monoisotopic (exact) mass is 398 g/mol. The first-order valence-corrected chi connectivity index (χ1v) is 9.33. The number of piperidine rings is 1. The average Bonchev–Trinajstić information content (AvgIpc) is 2.66. The molecule has 1 aromatic carbocycles. The Morgan fingerprint density at radius 3 is 2.69 bits per heavy atom. The lowest BCUT2D eigenvalue weighted by molar-refractivity contribution is -0.111. The number of nitrogens with zero attached hydrogens (tertiary/aromatic N) is 2. The Balaban J connectivity index is 2.15. The predicted octanol–water partition coefficient (Wildman–Crippen LogP) is 2.83. The van der Waals surface area contributed by atoms with Crippen molar-refractivity contribution in [1.29, 1.82) is 5.26 Å². The summed E-state index contributed by atoms with van der Waals surface area (Å²) in [7, 11) is 0. The Hall–Kier alpha value is -3.34. The minimum Gasteiger partial charge on any atom is -0.444 e. The van der Waals surface area contributed by atoms with Crippen LogP contribution in [0, 0.1) is 11.3 Å². The summed E-state index contributed by atoms with van der Waals surface area (Å²) < 4.78 is 5.26. The summed E-state index contributed by atoms with van der Waals surface area (Å²) in [6, 6.07) is 8.66. The van der Waals surface area contributed by atoms with E-state index in [1.165, 1.54) is 4.90 Å². The van der Waals surface area contributed by atoms with Crippen molar-refractivity contribution in [3.8, 4) is 6.07 Å². The van der Waals surface area contributed by atoms with Crippen molar-refractivity contribution >= 4 is 23.6 Å². The van der Waals surface area contributed by atoms with Crippen LogP contribution in [-0.2, 0) is 9.53 Å². The number of amides is 3. The Morgan fingerprint density at radius 2 is 2.07 bits per heavy atom. The molecule has 1 aliphatic rings. The molecular weight excluding hydrogens is 372 g/mol. The Bertz CT molecular complexity index is 853. The molecule has 1 unspecified atom stereocenters. The number of anilines is 1. The molecule has 2 rings (SSSR count). The second-order valence-corrected chi connectivity index (χ2v) is 7.93. The summed E-state index contributed by atoms with van der Waals surface area (Å²) in [6.45, 7) is 9.11. The summed E-state index contributed by atoms with van der Waals surface area (Å²) in [5.74, 6) is -0.664. The van der Waals surface area contributed by atoms with Crippen molar-refractivity contribution in [2.45, 2.75) is 44.8 Å². The number of nitrogens with one attached hydrogen (secondary N) is 2. The van der Waals surface area contributed by atoms with Crippen molar-refractivity contribution in [3.05, 3.63) is 42.5 Å². The van der Waals surface area contributed by atoms with Crippen molar-refractivity contribution in [3.63, 3.8) is 0 Å². The number of carbonyl (C=O) groups is 3. The molecule has 0 radical (unpaired) electrons. The number of hydrogen-bond acceptors (Lipinski definition) is 5. The van der Waals surface area contributed by atoms with E-state index in [0.717, 1.165) is 6.08 Å². The van der Waals surface area contributed by atoms with E-state index in [0.29, 0.717) is 30.6 Å². The second kappa shape index (κ2) is 8.78. The van der Waals surface area contributed by atoms with Crippen molar-refractivity contribution in [1.82, 2.24) is 10.2 Å². The number of likely N-dealkylation sites (tertiary alicyclic amines) is 1. The zero-order valence-electron chi connectivity index (χ0n) is 16.9. The van der Waals surface area contributed by atoms with Gasteiger partial charge in [-0.1, -0.05) is 12.6 Å². The first-order chi connectivity index (χ1) is 13.6. The van der Waals surface area contributed by atoms with Crippen LogP contribution in [-0.4, -0.2) is 47.0 Å². The third-order valence-electron chi connectivity index (χ3n) is 4.30. The molecule has 3 amide bonds. The maximum atomic E-state index is 13.0. The molecule has 29 heavy (non-hydrogen) atoms. The molecule has 0 saturated carbocycles. The van der Waals surface area contributed by atoms with Crippen LogP contribution in [0.1, 0.15) is 44.0 Å². The van der Waals surface area contributed by atoms with Crippen LogP contribution in [0.4, 0.5) is 10.5 Å². The van der Waals surface area contributed by atoms with Gasteiger partial charge in [-0.2, -0.15) is 5.26 Å². The van der Waals surface area contributed by atoms with Crippen molar-refractivity contribution < 1.29 is 19.1 Å². The van der Waals surface area contributed by atoms with Crippen LogP contribution in [0.2, 0.25) is 0 Å². The van der Waals surface area contributed by atoms with Crippen molar-refractivity contribution in [2.24, 2.45) is 0 Å². The topological polar surface area (TPSA) is 112 Å². The van der Waals surface area contributed by atoms with Crippen LogP contribution in [0.15, 0.2) is 36.9 Å². The Labute approximate surface area is 170 Å². The molecule has 2 N–H and O–H groups in total. The maximum absolute atomic E-state index is 13.0. The number of nitriles is 1. The molecule has 0 aliphatic carbocycles. The fraction of sp³-hybridized carbons (Fsp3) is 0.429. The molecule has 1 heterocycles. The fourth-order valence-corrected chi connectivity index (χ4v) is 3.06. The summed E-state index contributed by atoms with van der Waals surface area (Å²) in [5, 5.41) is 15.0. The SMILES string of the molecule is C=CC(=O)Nc1cccc(C(=O)N2CCCC(C#N)(NC(=O)OC(C)(C)C)C2)c1. The lowest BCUT2D eigenvalue weighted by Gasteiger charge is -2.39. The molecule has 1 atom stereocenters. The summed E-state index contributed by atoms with van der Waals surface area (Å²) in [4.78, 5) is 38.1. The molecule has 1 aromatic rings. The van der Waals surface area contributed by atoms with E-state index in [1.807, 2.05) is 0 Å². The normalized spacial score (nSPS) is 18.9. The number of benzene rings is 1. The highest BCUT2D eigenvalue weighted by atomic mass is 16.6. The van der Waals surface area contributed by atoms with Crippen LogP contribution in [0.3, 0.4) is 0 Å². The van der Waals surface area contributed by atoms with Gasteiger partial charge in [0.1, 0.15) is 11.1 Å². The molecule has 0 spiro atoms. The van der Waals surface area contributed by atoms with Gasteiger partial charge in [-0.05, 0) is 57.9 Å². The van der Waals surface area contributed by atoms with Gasteiger partial charge in [-0.25, -0.2) is 4.79 Å². The fourth-order valence-electron chi connectivity index (χ4n) is 3.06. The smallest absolute Gasteiger partial charge is 0.408 e. The molecule has 8 heteroatoms. The number of alkyl carbamates (subject to hydrolysis) is 1. The number of rotatable bonds is 4.